The summed E-state index contributed by atoms with van der Waals surface area (Å²) >= 11 is 0. The summed E-state index contributed by atoms with van der Waals surface area (Å²) in [5.41, 5.74) is 2.01. The summed E-state index contributed by atoms with van der Waals surface area (Å²) in [5, 5.41) is 4.25. The monoisotopic (exact) mass is 220 g/mol. The lowest BCUT2D eigenvalue weighted by Crippen LogP contribution is -2.08. The molecular formula is C12H16N2O2. The van der Waals surface area contributed by atoms with E-state index in [1.807, 2.05) is 11.6 Å². The lowest BCUT2D eigenvalue weighted by Gasteiger charge is -2.14. The SMILES string of the molecule is CCn1ncc(OC)c1C1=CC(=O)CCC1. The Balaban J connectivity index is 2.45. The van der Waals surface area contributed by atoms with Crippen molar-refractivity contribution in [2.24, 2.45) is 0 Å². The standard InChI is InChI=1S/C12H16N2O2/c1-3-14-12(11(16-2)8-13-14)9-5-4-6-10(15)7-9/h7-8H,3-6H2,1-2H3. The molecule has 0 radical (unpaired) electrons. The van der Waals surface area contributed by atoms with Crippen LogP contribution in [-0.4, -0.2) is 22.7 Å². The van der Waals surface area contributed by atoms with E-state index in [0.717, 1.165) is 36.4 Å². The Bertz CT molecular complexity index is 411. The Morgan fingerprint density at radius 3 is 2.94 bits per heavy atom. The molecule has 16 heavy (non-hydrogen) atoms. The lowest BCUT2D eigenvalue weighted by molar-refractivity contribution is -0.114. The predicted octanol–water partition coefficient (Wildman–Crippen LogP) is 2.05. The van der Waals surface area contributed by atoms with Crippen LogP contribution in [0.3, 0.4) is 0 Å². The van der Waals surface area contributed by atoms with Crippen LogP contribution in [-0.2, 0) is 11.3 Å². The van der Waals surface area contributed by atoms with Crippen molar-refractivity contribution in [3.05, 3.63) is 18.0 Å². The molecule has 1 aliphatic rings. The number of hydrogen-bond acceptors (Lipinski definition) is 3. The number of ether oxygens (including phenoxy) is 1. The first kappa shape index (κ1) is 10.9. The van der Waals surface area contributed by atoms with Crippen LogP contribution >= 0.6 is 0 Å². The van der Waals surface area contributed by atoms with E-state index in [1.54, 1.807) is 19.4 Å². The molecule has 4 nitrogen and oxygen atoms in total. The van der Waals surface area contributed by atoms with E-state index in [9.17, 15) is 4.79 Å². The van der Waals surface area contributed by atoms with Crippen LogP contribution in [0.25, 0.3) is 5.57 Å². The molecule has 0 unspecified atom stereocenters. The fourth-order valence-electron chi connectivity index (χ4n) is 2.06. The van der Waals surface area contributed by atoms with Crippen LogP contribution in [0.4, 0.5) is 0 Å². The summed E-state index contributed by atoms with van der Waals surface area (Å²) in [6.07, 6.45) is 5.94. The third kappa shape index (κ3) is 1.87. The number of hydrogen-bond donors (Lipinski definition) is 0. The number of carbonyl (C=O) groups is 1. The van der Waals surface area contributed by atoms with Crippen LogP contribution in [0, 0.1) is 0 Å². The van der Waals surface area contributed by atoms with E-state index < -0.39 is 0 Å². The van der Waals surface area contributed by atoms with Gasteiger partial charge in [-0.3, -0.25) is 9.48 Å². The van der Waals surface area contributed by atoms with Gasteiger partial charge in [-0.05, 0) is 31.4 Å². The molecule has 2 rings (SSSR count). The van der Waals surface area contributed by atoms with Crippen molar-refractivity contribution in [3.8, 4) is 5.75 Å². The average Bonchev–Trinajstić information content (AvgIpc) is 2.71. The van der Waals surface area contributed by atoms with Gasteiger partial charge in [0.1, 0.15) is 5.69 Å². The van der Waals surface area contributed by atoms with E-state index >= 15 is 0 Å². The zero-order chi connectivity index (χ0) is 11.5. The van der Waals surface area contributed by atoms with Gasteiger partial charge in [-0.25, -0.2) is 0 Å². The lowest BCUT2D eigenvalue weighted by atomic mass is 9.96. The van der Waals surface area contributed by atoms with Crippen LogP contribution < -0.4 is 4.74 Å². The molecule has 1 heterocycles. The van der Waals surface area contributed by atoms with Gasteiger partial charge >= 0.3 is 0 Å². The molecule has 0 aliphatic heterocycles. The fourth-order valence-corrected chi connectivity index (χ4v) is 2.06. The molecule has 0 saturated heterocycles. The maximum absolute atomic E-state index is 11.4. The van der Waals surface area contributed by atoms with Gasteiger partial charge in [0.05, 0.1) is 13.3 Å². The van der Waals surface area contributed by atoms with Crippen LogP contribution in [0.5, 0.6) is 5.75 Å². The van der Waals surface area contributed by atoms with Crippen molar-refractivity contribution < 1.29 is 9.53 Å². The molecule has 1 aromatic heterocycles. The van der Waals surface area contributed by atoms with Gasteiger partial charge in [0.2, 0.25) is 0 Å². The minimum absolute atomic E-state index is 0.201. The van der Waals surface area contributed by atoms with Gasteiger partial charge in [-0.15, -0.1) is 0 Å². The van der Waals surface area contributed by atoms with E-state index in [4.69, 9.17) is 4.74 Å². The first-order valence-corrected chi connectivity index (χ1v) is 5.59. The molecule has 0 amide bonds. The van der Waals surface area contributed by atoms with Crippen molar-refractivity contribution in [1.82, 2.24) is 9.78 Å². The van der Waals surface area contributed by atoms with E-state index in [-0.39, 0.29) is 5.78 Å². The molecule has 4 heteroatoms. The van der Waals surface area contributed by atoms with Gasteiger partial charge in [0.25, 0.3) is 0 Å². The van der Waals surface area contributed by atoms with Crippen LogP contribution in [0.15, 0.2) is 12.3 Å². The Morgan fingerprint density at radius 1 is 1.50 bits per heavy atom. The van der Waals surface area contributed by atoms with Crippen molar-refractivity contribution in [3.63, 3.8) is 0 Å². The molecule has 0 saturated carbocycles. The second-order valence-corrected chi connectivity index (χ2v) is 3.87. The highest BCUT2D eigenvalue weighted by molar-refractivity contribution is 5.98. The Hall–Kier alpha value is -1.58. The molecule has 0 spiro atoms. The number of allylic oxidation sites excluding steroid dienone is 2. The fraction of sp³-hybridized carbons (Fsp3) is 0.500. The Morgan fingerprint density at radius 2 is 2.31 bits per heavy atom. The second kappa shape index (κ2) is 4.51. The molecule has 0 N–H and O–H groups in total. The minimum Gasteiger partial charge on any atom is -0.493 e. The summed E-state index contributed by atoms with van der Waals surface area (Å²) in [7, 11) is 1.63. The number of nitrogens with zero attached hydrogens (tertiary/aromatic N) is 2. The van der Waals surface area contributed by atoms with Crippen molar-refractivity contribution in [2.75, 3.05) is 7.11 Å². The number of methoxy groups -OCH3 is 1. The van der Waals surface area contributed by atoms with Crippen LogP contribution in [0.2, 0.25) is 0 Å². The van der Waals surface area contributed by atoms with Gasteiger partial charge < -0.3 is 4.74 Å². The second-order valence-electron chi connectivity index (χ2n) is 3.87. The summed E-state index contributed by atoms with van der Waals surface area (Å²) < 4.78 is 7.16. The molecule has 0 fully saturated rings. The number of rotatable bonds is 3. The first-order valence-electron chi connectivity index (χ1n) is 5.59. The highest BCUT2D eigenvalue weighted by atomic mass is 16.5. The molecule has 0 bridgehead atoms. The number of aromatic nitrogens is 2. The zero-order valence-electron chi connectivity index (χ0n) is 9.69. The normalized spacial score (nSPS) is 16.1. The Kier molecular flexibility index (Phi) is 3.08. The minimum atomic E-state index is 0.201. The van der Waals surface area contributed by atoms with Crippen molar-refractivity contribution in [1.29, 1.82) is 0 Å². The maximum atomic E-state index is 11.4. The van der Waals surface area contributed by atoms with Gasteiger partial charge in [-0.1, -0.05) is 0 Å². The molecule has 0 aromatic carbocycles. The van der Waals surface area contributed by atoms with Crippen LogP contribution in [0.1, 0.15) is 31.9 Å². The molecule has 0 atom stereocenters. The molecular weight excluding hydrogens is 204 g/mol. The third-order valence-corrected chi connectivity index (χ3v) is 2.83. The van der Waals surface area contributed by atoms with Gasteiger partial charge in [0.15, 0.2) is 11.5 Å². The number of aryl methyl sites for hydroxylation is 1. The zero-order valence-corrected chi connectivity index (χ0v) is 9.69. The largest absolute Gasteiger partial charge is 0.493 e. The molecule has 86 valence electrons. The Labute approximate surface area is 94.9 Å². The van der Waals surface area contributed by atoms with Crippen molar-refractivity contribution >= 4 is 11.4 Å². The molecule has 1 aromatic rings. The smallest absolute Gasteiger partial charge is 0.164 e. The molecule has 1 aliphatic carbocycles. The highest BCUT2D eigenvalue weighted by Crippen LogP contribution is 2.31. The summed E-state index contributed by atoms with van der Waals surface area (Å²) in [4.78, 5) is 11.4. The summed E-state index contributed by atoms with van der Waals surface area (Å²) in [6.45, 7) is 2.81. The summed E-state index contributed by atoms with van der Waals surface area (Å²) in [5.74, 6) is 0.954. The highest BCUT2D eigenvalue weighted by Gasteiger charge is 2.19. The predicted molar refractivity (Wildman–Crippen MR) is 61.3 cm³/mol. The first-order chi connectivity index (χ1) is 7.76. The van der Waals surface area contributed by atoms with E-state index in [0.29, 0.717) is 6.42 Å². The average molecular weight is 220 g/mol. The van der Waals surface area contributed by atoms with Gasteiger partial charge in [0, 0.05) is 13.0 Å². The summed E-state index contributed by atoms with van der Waals surface area (Å²) in [6, 6.07) is 0. The topological polar surface area (TPSA) is 44.1 Å². The van der Waals surface area contributed by atoms with Gasteiger partial charge in [-0.2, -0.15) is 5.10 Å². The quantitative estimate of drug-likeness (QED) is 0.783. The van der Waals surface area contributed by atoms with Crippen molar-refractivity contribution in [2.45, 2.75) is 32.7 Å². The number of ketones is 1. The van der Waals surface area contributed by atoms with E-state index in [2.05, 4.69) is 5.10 Å². The number of carbonyl (C=O) groups excluding carboxylic acids is 1. The maximum Gasteiger partial charge on any atom is 0.164 e. The van der Waals surface area contributed by atoms with E-state index in [1.165, 1.54) is 0 Å². The third-order valence-electron chi connectivity index (χ3n) is 2.83.